The highest BCUT2D eigenvalue weighted by molar-refractivity contribution is 5.75. The van der Waals surface area contributed by atoms with Crippen LogP contribution in [0, 0.1) is 6.92 Å². The van der Waals surface area contributed by atoms with Gasteiger partial charge in [-0.25, -0.2) is 4.79 Å². The number of aryl methyl sites for hydroxylation is 1. The zero-order valence-corrected chi connectivity index (χ0v) is 14.0. The van der Waals surface area contributed by atoms with Crippen LogP contribution in [0.15, 0.2) is 30.3 Å². The number of hydrogen-bond acceptors (Lipinski definition) is 3. The number of hydrogen-bond donors (Lipinski definition) is 2. The molecule has 0 radical (unpaired) electrons. The number of fused-ring (bicyclic) bond motifs is 1. The lowest BCUT2D eigenvalue weighted by atomic mass is 9.72. The van der Waals surface area contributed by atoms with Gasteiger partial charge < -0.3 is 15.2 Å². The van der Waals surface area contributed by atoms with Crippen molar-refractivity contribution in [1.82, 2.24) is 25.4 Å². The Labute approximate surface area is 141 Å². The van der Waals surface area contributed by atoms with Gasteiger partial charge in [0.15, 0.2) is 5.82 Å². The summed E-state index contributed by atoms with van der Waals surface area (Å²) >= 11 is 0. The summed E-state index contributed by atoms with van der Waals surface area (Å²) in [5.41, 5.74) is 0.970. The molecule has 6 nitrogen and oxygen atoms in total. The Morgan fingerprint density at radius 1 is 1.21 bits per heavy atom. The number of carbonyl (C=O) groups excluding carboxylic acids is 1. The van der Waals surface area contributed by atoms with E-state index in [4.69, 9.17) is 0 Å². The van der Waals surface area contributed by atoms with Gasteiger partial charge in [-0.1, -0.05) is 30.3 Å². The van der Waals surface area contributed by atoms with Gasteiger partial charge in [0.05, 0.1) is 11.6 Å². The Kier molecular flexibility index (Phi) is 3.75. The number of nitrogens with zero attached hydrogens (tertiary/aromatic N) is 3. The van der Waals surface area contributed by atoms with Crippen molar-refractivity contribution < 1.29 is 4.79 Å². The highest BCUT2D eigenvalue weighted by atomic mass is 16.2. The molecule has 2 heterocycles. The average molecular weight is 325 g/mol. The first-order chi connectivity index (χ1) is 11.7. The molecule has 6 heteroatoms. The molecule has 0 bridgehead atoms. The van der Waals surface area contributed by atoms with E-state index in [0.717, 1.165) is 50.3 Å². The maximum atomic E-state index is 12.6. The van der Waals surface area contributed by atoms with E-state index in [2.05, 4.69) is 37.5 Å². The van der Waals surface area contributed by atoms with E-state index < -0.39 is 0 Å². The van der Waals surface area contributed by atoms with Gasteiger partial charge in [0.2, 0.25) is 0 Å². The van der Waals surface area contributed by atoms with Crippen molar-refractivity contribution in [3.05, 3.63) is 47.5 Å². The van der Waals surface area contributed by atoms with Crippen LogP contribution in [0.4, 0.5) is 4.79 Å². The summed E-state index contributed by atoms with van der Waals surface area (Å²) in [5.74, 6) is 1.79. The van der Waals surface area contributed by atoms with E-state index in [1.54, 1.807) is 0 Å². The quantitative estimate of drug-likeness (QED) is 0.911. The summed E-state index contributed by atoms with van der Waals surface area (Å²) < 4.78 is 2.10. The molecule has 0 spiro atoms. The molecule has 4 rings (SSSR count). The average Bonchev–Trinajstić information content (AvgIpc) is 2.94. The maximum Gasteiger partial charge on any atom is 0.316 e. The van der Waals surface area contributed by atoms with Gasteiger partial charge in [0.1, 0.15) is 5.82 Å². The van der Waals surface area contributed by atoms with E-state index in [0.29, 0.717) is 0 Å². The molecule has 1 aromatic carbocycles. The summed E-state index contributed by atoms with van der Waals surface area (Å²) in [7, 11) is 0. The van der Waals surface area contributed by atoms with Gasteiger partial charge in [-0.15, -0.1) is 10.2 Å². The number of urea groups is 1. The normalized spacial score (nSPS) is 21.5. The minimum Gasteiger partial charge on any atom is -0.329 e. The van der Waals surface area contributed by atoms with Crippen LogP contribution in [-0.2, 0) is 12.1 Å². The predicted molar refractivity (Wildman–Crippen MR) is 90.4 cm³/mol. The molecule has 2 amide bonds. The number of carbonyl (C=O) groups is 1. The van der Waals surface area contributed by atoms with Crippen LogP contribution in [0.25, 0.3) is 0 Å². The van der Waals surface area contributed by atoms with E-state index >= 15 is 0 Å². The van der Waals surface area contributed by atoms with Crippen molar-refractivity contribution >= 4 is 6.03 Å². The van der Waals surface area contributed by atoms with E-state index in [-0.39, 0.29) is 17.6 Å². The largest absolute Gasteiger partial charge is 0.329 e. The lowest BCUT2D eigenvalue weighted by molar-refractivity contribution is 0.173. The van der Waals surface area contributed by atoms with Crippen LogP contribution < -0.4 is 10.6 Å². The van der Waals surface area contributed by atoms with Gasteiger partial charge in [-0.3, -0.25) is 0 Å². The topological polar surface area (TPSA) is 71.8 Å². The summed E-state index contributed by atoms with van der Waals surface area (Å²) in [6.45, 7) is 2.89. The Bertz CT molecular complexity index is 735. The van der Waals surface area contributed by atoms with Crippen LogP contribution in [-0.4, -0.2) is 20.8 Å². The van der Waals surface area contributed by atoms with Crippen molar-refractivity contribution in [3.8, 4) is 0 Å². The SMILES string of the molecule is Cc1nnc2n1CCC[C@@H]2NC(=O)NC1(c2ccccc2)CCC1. The molecule has 2 aliphatic rings. The number of amides is 2. The summed E-state index contributed by atoms with van der Waals surface area (Å²) in [6, 6.07) is 10.1. The Balaban J connectivity index is 1.48. The van der Waals surface area contributed by atoms with E-state index in [9.17, 15) is 4.79 Å². The third-order valence-electron chi connectivity index (χ3n) is 5.34. The molecule has 0 unspecified atom stereocenters. The zero-order chi connectivity index (χ0) is 16.6. The fourth-order valence-corrected chi connectivity index (χ4v) is 3.84. The standard InChI is InChI=1S/C18H23N5O/c1-13-21-22-16-15(9-5-12-23(13)16)19-17(24)20-18(10-6-11-18)14-7-3-2-4-8-14/h2-4,7-8,15H,5-6,9-12H2,1H3,(H2,19,20,24)/t15-/m0/s1. The molecule has 1 saturated carbocycles. The first-order valence-corrected chi connectivity index (χ1v) is 8.72. The van der Waals surface area contributed by atoms with E-state index in [1.807, 2.05) is 25.1 Å². The molecule has 1 fully saturated rings. The second kappa shape index (κ2) is 5.92. The van der Waals surface area contributed by atoms with Crippen LogP contribution in [0.1, 0.15) is 55.4 Å². The Morgan fingerprint density at radius 3 is 2.71 bits per heavy atom. The van der Waals surface area contributed by atoms with Gasteiger partial charge in [-0.05, 0) is 44.6 Å². The first-order valence-electron chi connectivity index (χ1n) is 8.72. The predicted octanol–water partition coefficient (Wildman–Crippen LogP) is 2.80. The van der Waals surface area contributed by atoms with Crippen LogP contribution in [0.2, 0.25) is 0 Å². The molecule has 1 aliphatic carbocycles. The summed E-state index contributed by atoms with van der Waals surface area (Å²) in [4.78, 5) is 12.6. The lowest BCUT2D eigenvalue weighted by Crippen LogP contribution is -2.54. The molecule has 2 aromatic rings. The molecular formula is C18H23N5O. The molecule has 0 saturated heterocycles. The number of rotatable bonds is 3. The van der Waals surface area contributed by atoms with Crippen molar-refractivity contribution in [3.63, 3.8) is 0 Å². The van der Waals surface area contributed by atoms with Crippen molar-refractivity contribution in [1.29, 1.82) is 0 Å². The third kappa shape index (κ3) is 2.56. The molecular weight excluding hydrogens is 302 g/mol. The molecule has 1 aliphatic heterocycles. The van der Waals surface area contributed by atoms with Crippen LogP contribution in [0.3, 0.4) is 0 Å². The fourth-order valence-electron chi connectivity index (χ4n) is 3.84. The van der Waals surface area contributed by atoms with Gasteiger partial charge in [0.25, 0.3) is 0 Å². The summed E-state index contributed by atoms with van der Waals surface area (Å²) in [6.07, 6.45) is 5.06. The number of aromatic nitrogens is 3. The lowest BCUT2D eigenvalue weighted by Gasteiger charge is -2.43. The molecule has 1 atom stereocenters. The number of nitrogens with one attached hydrogen (secondary N) is 2. The minimum atomic E-state index is -0.219. The van der Waals surface area contributed by atoms with E-state index in [1.165, 1.54) is 5.56 Å². The number of benzene rings is 1. The van der Waals surface area contributed by atoms with Gasteiger partial charge in [-0.2, -0.15) is 0 Å². The molecule has 126 valence electrons. The zero-order valence-electron chi connectivity index (χ0n) is 14.0. The maximum absolute atomic E-state index is 12.6. The minimum absolute atomic E-state index is 0.0622. The second-order valence-corrected chi connectivity index (χ2v) is 6.85. The van der Waals surface area contributed by atoms with Crippen LogP contribution >= 0.6 is 0 Å². The van der Waals surface area contributed by atoms with Crippen LogP contribution in [0.5, 0.6) is 0 Å². The Hall–Kier alpha value is -2.37. The smallest absolute Gasteiger partial charge is 0.316 e. The third-order valence-corrected chi connectivity index (χ3v) is 5.34. The highest BCUT2D eigenvalue weighted by Crippen LogP contribution is 2.41. The molecule has 1 aromatic heterocycles. The monoisotopic (exact) mass is 325 g/mol. The van der Waals surface area contributed by atoms with Crippen molar-refractivity contribution in [2.75, 3.05) is 0 Å². The highest BCUT2D eigenvalue weighted by Gasteiger charge is 2.40. The van der Waals surface area contributed by atoms with Gasteiger partial charge >= 0.3 is 6.03 Å². The van der Waals surface area contributed by atoms with Crippen molar-refractivity contribution in [2.24, 2.45) is 0 Å². The Morgan fingerprint density at radius 2 is 2.00 bits per heavy atom. The fraction of sp³-hybridized carbons (Fsp3) is 0.500. The molecule has 2 N–H and O–H groups in total. The first kappa shape index (κ1) is 15.2. The van der Waals surface area contributed by atoms with Crippen molar-refractivity contribution in [2.45, 2.75) is 57.2 Å². The molecule has 24 heavy (non-hydrogen) atoms. The summed E-state index contributed by atoms with van der Waals surface area (Å²) in [5, 5.41) is 14.7. The second-order valence-electron chi connectivity index (χ2n) is 6.85. The van der Waals surface area contributed by atoms with Gasteiger partial charge in [0, 0.05) is 6.54 Å².